The molecular formula is C29H27Cl2N5O2. The highest BCUT2D eigenvalue weighted by molar-refractivity contribution is 6.35. The number of nitrogens with zero attached hydrogens (tertiary/aromatic N) is 4. The summed E-state index contributed by atoms with van der Waals surface area (Å²) in [6.45, 7) is 0.964. The molecule has 0 aliphatic carbocycles. The SMILES string of the molecule is CN(CCCn1c(=N)n(CC(=O)c2ccc(Cl)cc2)c2cccc(Cl)c21)C(=O)c1cc2ccccc2n1C. The zero-order chi connectivity index (χ0) is 27.0. The maximum Gasteiger partial charge on any atom is 0.270 e. The minimum absolute atomic E-state index is 0.00372. The molecule has 0 unspecified atom stereocenters. The quantitative estimate of drug-likeness (QED) is 0.250. The maximum atomic E-state index is 13.2. The molecule has 7 nitrogen and oxygen atoms in total. The minimum atomic E-state index is -0.125. The molecule has 0 spiro atoms. The Morgan fingerprint density at radius 1 is 0.921 bits per heavy atom. The van der Waals surface area contributed by atoms with E-state index in [9.17, 15) is 9.59 Å². The number of carbonyl (C=O) groups is 2. The van der Waals surface area contributed by atoms with Gasteiger partial charge in [-0.1, -0.05) is 47.5 Å². The van der Waals surface area contributed by atoms with Gasteiger partial charge in [-0.3, -0.25) is 15.0 Å². The number of ketones is 1. The van der Waals surface area contributed by atoms with Crippen molar-refractivity contribution in [2.24, 2.45) is 7.05 Å². The normalized spacial score (nSPS) is 11.4. The van der Waals surface area contributed by atoms with E-state index in [4.69, 9.17) is 28.6 Å². The number of nitrogens with one attached hydrogen (secondary N) is 1. The molecule has 0 aliphatic rings. The van der Waals surface area contributed by atoms with Crippen LogP contribution in [0.4, 0.5) is 0 Å². The lowest BCUT2D eigenvalue weighted by molar-refractivity contribution is 0.0782. The Morgan fingerprint density at radius 2 is 1.63 bits per heavy atom. The van der Waals surface area contributed by atoms with Gasteiger partial charge in [0.15, 0.2) is 5.78 Å². The van der Waals surface area contributed by atoms with Crippen LogP contribution in [0.5, 0.6) is 0 Å². The molecule has 2 aromatic heterocycles. The first-order valence-corrected chi connectivity index (χ1v) is 13.0. The number of para-hydroxylation sites is 2. The molecule has 0 bridgehead atoms. The number of Topliss-reactive ketones (excluding diaryl/α,β-unsaturated/α-hetero) is 1. The summed E-state index contributed by atoms with van der Waals surface area (Å²) in [6.07, 6.45) is 0.609. The van der Waals surface area contributed by atoms with Gasteiger partial charge < -0.3 is 18.6 Å². The lowest BCUT2D eigenvalue weighted by Crippen LogP contribution is -2.31. The number of imidazole rings is 1. The summed E-state index contributed by atoms with van der Waals surface area (Å²) in [7, 11) is 3.68. The average Bonchev–Trinajstić information content (AvgIpc) is 3.39. The number of rotatable bonds is 8. The summed E-state index contributed by atoms with van der Waals surface area (Å²) in [4.78, 5) is 27.9. The van der Waals surface area contributed by atoms with Crippen molar-refractivity contribution in [1.82, 2.24) is 18.6 Å². The van der Waals surface area contributed by atoms with Gasteiger partial charge in [0.25, 0.3) is 5.91 Å². The van der Waals surface area contributed by atoms with Gasteiger partial charge >= 0.3 is 0 Å². The minimum Gasteiger partial charge on any atom is -0.340 e. The first-order valence-electron chi connectivity index (χ1n) is 12.3. The number of hydrogen-bond acceptors (Lipinski definition) is 3. The highest BCUT2D eigenvalue weighted by Crippen LogP contribution is 2.24. The third-order valence-corrected chi connectivity index (χ3v) is 7.46. The first kappa shape index (κ1) is 25.8. The second-order valence-corrected chi connectivity index (χ2v) is 10.2. The van der Waals surface area contributed by atoms with E-state index in [1.165, 1.54) is 0 Å². The number of hydrogen-bond donors (Lipinski definition) is 1. The molecule has 0 fully saturated rings. The van der Waals surface area contributed by atoms with Crippen molar-refractivity contribution in [3.05, 3.63) is 99.7 Å². The van der Waals surface area contributed by atoms with E-state index in [1.807, 2.05) is 58.6 Å². The third-order valence-electron chi connectivity index (χ3n) is 6.90. The summed E-state index contributed by atoms with van der Waals surface area (Å²) in [5.74, 6) is -0.187. The highest BCUT2D eigenvalue weighted by Gasteiger charge is 2.19. The van der Waals surface area contributed by atoms with Gasteiger partial charge in [-0.05, 0) is 55.0 Å². The van der Waals surface area contributed by atoms with Crippen LogP contribution >= 0.6 is 23.2 Å². The van der Waals surface area contributed by atoms with Crippen molar-refractivity contribution < 1.29 is 9.59 Å². The number of fused-ring (bicyclic) bond motifs is 2. The smallest absolute Gasteiger partial charge is 0.270 e. The molecule has 38 heavy (non-hydrogen) atoms. The fourth-order valence-electron chi connectivity index (χ4n) is 4.86. The molecule has 5 aromatic rings. The number of halogens is 2. The molecular weight excluding hydrogens is 521 g/mol. The van der Waals surface area contributed by atoms with Crippen molar-refractivity contribution in [1.29, 1.82) is 5.41 Å². The second-order valence-electron chi connectivity index (χ2n) is 9.33. The summed E-state index contributed by atoms with van der Waals surface area (Å²) in [5, 5.41) is 11.0. The summed E-state index contributed by atoms with van der Waals surface area (Å²) >= 11 is 12.5. The zero-order valence-corrected chi connectivity index (χ0v) is 22.6. The van der Waals surface area contributed by atoms with Crippen LogP contribution in [-0.2, 0) is 20.1 Å². The van der Waals surface area contributed by atoms with Gasteiger partial charge in [0.1, 0.15) is 5.69 Å². The van der Waals surface area contributed by atoms with Crippen LogP contribution in [0.3, 0.4) is 0 Å². The fraction of sp³-hybridized carbons (Fsp3) is 0.207. The second kappa shape index (κ2) is 10.5. The molecule has 0 saturated carbocycles. The van der Waals surface area contributed by atoms with E-state index < -0.39 is 0 Å². The lowest BCUT2D eigenvalue weighted by atomic mass is 10.1. The number of aromatic nitrogens is 3. The molecule has 194 valence electrons. The van der Waals surface area contributed by atoms with E-state index in [1.54, 1.807) is 46.8 Å². The van der Waals surface area contributed by atoms with E-state index in [2.05, 4.69) is 0 Å². The first-order chi connectivity index (χ1) is 18.3. The molecule has 0 radical (unpaired) electrons. The Bertz CT molecular complexity index is 1730. The largest absolute Gasteiger partial charge is 0.340 e. The maximum absolute atomic E-state index is 13.2. The molecule has 0 saturated heterocycles. The number of carbonyl (C=O) groups excluding carboxylic acids is 2. The molecule has 5 rings (SSSR count). The van der Waals surface area contributed by atoms with Crippen LogP contribution in [0.1, 0.15) is 27.3 Å². The van der Waals surface area contributed by atoms with E-state index in [-0.39, 0.29) is 23.9 Å². The Labute approximate surface area is 229 Å². The van der Waals surface area contributed by atoms with Crippen molar-refractivity contribution in [2.75, 3.05) is 13.6 Å². The van der Waals surface area contributed by atoms with Crippen molar-refractivity contribution in [2.45, 2.75) is 19.5 Å². The van der Waals surface area contributed by atoms with E-state index in [0.29, 0.717) is 51.8 Å². The van der Waals surface area contributed by atoms with Crippen molar-refractivity contribution >= 4 is 56.8 Å². The van der Waals surface area contributed by atoms with Crippen LogP contribution in [-0.4, -0.2) is 43.9 Å². The number of aryl methyl sites for hydroxylation is 2. The highest BCUT2D eigenvalue weighted by atomic mass is 35.5. The van der Waals surface area contributed by atoms with Gasteiger partial charge in [-0.25, -0.2) is 0 Å². The standard InChI is InChI=1S/C29H27Cl2N5O2/c1-33(28(38)25-17-20-7-3-4-9-23(20)34(25)2)15-6-16-35-27-22(31)8-5-10-24(27)36(29(35)32)18-26(37)19-11-13-21(30)14-12-19/h3-5,7-14,17,32H,6,15-16,18H2,1-2H3. The van der Waals surface area contributed by atoms with Crippen LogP contribution in [0, 0.1) is 5.41 Å². The molecule has 1 amide bonds. The van der Waals surface area contributed by atoms with Gasteiger partial charge in [0, 0.05) is 48.7 Å². The molecule has 0 aliphatic heterocycles. The van der Waals surface area contributed by atoms with Crippen molar-refractivity contribution in [3.63, 3.8) is 0 Å². The van der Waals surface area contributed by atoms with Crippen molar-refractivity contribution in [3.8, 4) is 0 Å². The topological polar surface area (TPSA) is 76.0 Å². The summed E-state index contributed by atoms with van der Waals surface area (Å²) in [5.41, 5.74) is 3.75. The molecule has 3 aromatic carbocycles. The summed E-state index contributed by atoms with van der Waals surface area (Å²) < 4.78 is 5.39. The van der Waals surface area contributed by atoms with Gasteiger partial charge in [0.05, 0.1) is 22.6 Å². The zero-order valence-electron chi connectivity index (χ0n) is 21.1. The Hall–Kier alpha value is -3.81. The predicted octanol–water partition coefficient (Wildman–Crippen LogP) is 5.77. The predicted molar refractivity (Wildman–Crippen MR) is 151 cm³/mol. The summed E-state index contributed by atoms with van der Waals surface area (Å²) in [6, 6.07) is 22.0. The Balaban J connectivity index is 1.35. The van der Waals surface area contributed by atoms with Crippen LogP contribution in [0.25, 0.3) is 21.9 Å². The Morgan fingerprint density at radius 3 is 2.37 bits per heavy atom. The van der Waals surface area contributed by atoms with Crippen LogP contribution in [0.15, 0.2) is 72.8 Å². The van der Waals surface area contributed by atoms with Gasteiger partial charge in [0.2, 0.25) is 5.62 Å². The Kier molecular flexibility index (Phi) is 7.15. The van der Waals surface area contributed by atoms with Crippen LogP contribution < -0.4 is 5.62 Å². The average molecular weight is 548 g/mol. The van der Waals surface area contributed by atoms with Crippen LogP contribution in [0.2, 0.25) is 10.0 Å². The lowest BCUT2D eigenvalue weighted by Gasteiger charge is -2.18. The van der Waals surface area contributed by atoms with Gasteiger partial charge in [-0.15, -0.1) is 0 Å². The number of amides is 1. The molecule has 9 heteroatoms. The molecule has 0 atom stereocenters. The van der Waals surface area contributed by atoms with E-state index in [0.717, 1.165) is 10.9 Å². The van der Waals surface area contributed by atoms with E-state index >= 15 is 0 Å². The number of benzene rings is 3. The third kappa shape index (κ3) is 4.75. The monoisotopic (exact) mass is 547 g/mol. The molecule has 1 N–H and O–H groups in total. The fourth-order valence-corrected chi connectivity index (χ4v) is 5.26. The molecule has 2 heterocycles. The van der Waals surface area contributed by atoms with Gasteiger partial charge in [-0.2, -0.15) is 0 Å².